The highest BCUT2D eigenvalue weighted by Gasteiger charge is 2.26. The van der Waals surface area contributed by atoms with Gasteiger partial charge in [0, 0.05) is 4.47 Å². The summed E-state index contributed by atoms with van der Waals surface area (Å²) in [5.41, 5.74) is 9.64. The Balaban J connectivity index is 0.00000192. The van der Waals surface area contributed by atoms with Crippen LogP contribution in [0.3, 0.4) is 0 Å². The summed E-state index contributed by atoms with van der Waals surface area (Å²) in [5.74, 6) is -0.0818. The monoisotopic (exact) mass is 394 g/mol. The molecule has 0 radical (unpaired) electrons. The zero-order valence-electron chi connectivity index (χ0n) is 12.7. The normalized spacial score (nSPS) is 17.0. The van der Waals surface area contributed by atoms with Crippen molar-refractivity contribution in [2.24, 2.45) is 5.73 Å². The van der Waals surface area contributed by atoms with Crippen LogP contribution in [0.4, 0.5) is 0 Å². The number of hydrogen-bond acceptors (Lipinski definition) is 2. The first-order valence-corrected chi connectivity index (χ1v) is 8.31. The predicted molar refractivity (Wildman–Crippen MR) is 98.7 cm³/mol. The standard InChI is InChI=1S/C18H19BrN2O.ClH/c19-15-8-4-7-14-13(15)9-10-17(14)21-18(22)16(20)11-12-5-2-1-3-6-12;/h1-8,16-17H,9-11,20H2,(H,21,22);1H/t16-,17?;/m0./s1. The minimum absolute atomic E-state index is 0. The Morgan fingerprint density at radius 3 is 2.70 bits per heavy atom. The lowest BCUT2D eigenvalue weighted by Gasteiger charge is -2.18. The molecule has 23 heavy (non-hydrogen) atoms. The Morgan fingerprint density at radius 1 is 1.22 bits per heavy atom. The minimum Gasteiger partial charge on any atom is -0.348 e. The minimum atomic E-state index is -0.515. The van der Waals surface area contributed by atoms with Gasteiger partial charge in [-0.05, 0) is 42.0 Å². The molecule has 0 fully saturated rings. The van der Waals surface area contributed by atoms with Gasteiger partial charge >= 0.3 is 0 Å². The van der Waals surface area contributed by atoms with Crippen LogP contribution in [0.1, 0.15) is 29.2 Å². The van der Waals surface area contributed by atoms with Gasteiger partial charge in [-0.15, -0.1) is 12.4 Å². The van der Waals surface area contributed by atoms with Crippen molar-refractivity contribution in [3.8, 4) is 0 Å². The van der Waals surface area contributed by atoms with Crippen LogP contribution in [0.15, 0.2) is 53.0 Å². The van der Waals surface area contributed by atoms with E-state index < -0.39 is 6.04 Å². The van der Waals surface area contributed by atoms with Crippen LogP contribution in [-0.2, 0) is 17.6 Å². The molecule has 5 heteroatoms. The number of halogens is 2. The molecule has 0 aliphatic heterocycles. The molecule has 122 valence electrons. The van der Waals surface area contributed by atoms with Gasteiger partial charge in [0.1, 0.15) is 0 Å². The summed E-state index contributed by atoms with van der Waals surface area (Å²) in [6.45, 7) is 0. The third-order valence-electron chi connectivity index (χ3n) is 4.17. The van der Waals surface area contributed by atoms with Crippen LogP contribution >= 0.6 is 28.3 Å². The SMILES string of the molecule is Cl.N[C@@H](Cc1ccccc1)C(=O)NC1CCc2c(Br)cccc21. The van der Waals surface area contributed by atoms with Crippen LogP contribution < -0.4 is 11.1 Å². The van der Waals surface area contributed by atoms with E-state index in [1.807, 2.05) is 42.5 Å². The van der Waals surface area contributed by atoms with Gasteiger partial charge in [0.15, 0.2) is 0 Å². The Morgan fingerprint density at radius 2 is 1.96 bits per heavy atom. The maximum Gasteiger partial charge on any atom is 0.237 e. The Kier molecular flexibility index (Phi) is 6.22. The van der Waals surface area contributed by atoms with E-state index >= 15 is 0 Å². The zero-order valence-corrected chi connectivity index (χ0v) is 15.1. The van der Waals surface area contributed by atoms with Crippen molar-refractivity contribution in [3.63, 3.8) is 0 Å². The number of amides is 1. The van der Waals surface area contributed by atoms with E-state index in [-0.39, 0.29) is 24.4 Å². The predicted octanol–water partition coefficient (Wildman–Crippen LogP) is 3.54. The third-order valence-corrected chi connectivity index (χ3v) is 4.91. The van der Waals surface area contributed by atoms with Crippen molar-refractivity contribution < 1.29 is 4.79 Å². The summed E-state index contributed by atoms with van der Waals surface area (Å²) in [6.07, 6.45) is 2.47. The molecule has 0 saturated heterocycles. The second kappa shape index (κ2) is 7.95. The van der Waals surface area contributed by atoms with E-state index in [2.05, 4.69) is 27.3 Å². The number of nitrogens with two attached hydrogens (primary N) is 1. The Bertz CT molecular complexity index is 678. The maximum atomic E-state index is 12.4. The average molecular weight is 396 g/mol. The van der Waals surface area contributed by atoms with Gasteiger partial charge in [0.25, 0.3) is 0 Å². The quantitative estimate of drug-likeness (QED) is 0.832. The number of benzene rings is 2. The van der Waals surface area contributed by atoms with Gasteiger partial charge in [-0.2, -0.15) is 0 Å². The fourth-order valence-electron chi connectivity index (χ4n) is 3.00. The van der Waals surface area contributed by atoms with E-state index in [0.29, 0.717) is 6.42 Å². The highest BCUT2D eigenvalue weighted by Crippen LogP contribution is 2.35. The van der Waals surface area contributed by atoms with Crippen molar-refractivity contribution >= 4 is 34.2 Å². The molecule has 0 aromatic heterocycles. The van der Waals surface area contributed by atoms with E-state index in [0.717, 1.165) is 22.9 Å². The molecule has 0 heterocycles. The van der Waals surface area contributed by atoms with Crippen molar-refractivity contribution in [1.29, 1.82) is 0 Å². The smallest absolute Gasteiger partial charge is 0.237 e. The first-order valence-electron chi connectivity index (χ1n) is 7.52. The molecule has 2 aromatic rings. The molecule has 1 aliphatic rings. The molecule has 1 aliphatic carbocycles. The number of carbonyl (C=O) groups is 1. The van der Waals surface area contributed by atoms with Crippen molar-refractivity contribution in [2.45, 2.75) is 31.3 Å². The molecule has 3 N–H and O–H groups in total. The Labute approximate surface area is 151 Å². The van der Waals surface area contributed by atoms with Crippen LogP contribution in [0.5, 0.6) is 0 Å². The van der Waals surface area contributed by atoms with Crippen molar-refractivity contribution in [1.82, 2.24) is 5.32 Å². The average Bonchev–Trinajstić information content (AvgIpc) is 2.93. The molecule has 3 rings (SSSR count). The summed E-state index contributed by atoms with van der Waals surface area (Å²) in [5, 5.41) is 3.10. The highest BCUT2D eigenvalue weighted by atomic mass is 79.9. The lowest BCUT2D eigenvalue weighted by molar-refractivity contribution is -0.123. The van der Waals surface area contributed by atoms with E-state index in [1.165, 1.54) is 11.1 Å². The number of nitrogens with one attached hydrogen (secondary N) is 1. The third kappa shape index (κ3) is 4.14. The second-order valence-electron chi connectivity index (χ2n) is 5.70. The van der Waals surface area contributed by atoms with Gasteiger partial charge in [-0.1, -0.05) is 58.4 Å². The Hall–Kier alpha value is -1.36. The molecule has 1 unspecified atom stereocenters. The zero-order chi connectivity index (χ0) is 15.5. The summed E-state index contributed by atoms with van der Waals surface area (Å²) >= 11 is 3.58. The summed E-state index contributed by atoms with van der Waals surface area (Å²) < 4.78 is 1.12. The topological polar surface area (TPSA) is 55.1 Å². The lowest BCUT2D eigenvalue weighted by Crippen LogP contribution is -2.43. The lowest BCUT2D eigenvalue weighted by atomic mass is 10.0. The second-order valence-corrected chi connectivity index (χ2v) is 6.56. The highest BCUT2D eigenvalue weighted by molar-refractivity contribution is 9.10. The van der Waals surface area contributed by atoms with Crippen LogP contribution in [0.25, 0.3) is 0 Å². The first kappa shape index (κ1) is 18.0. The molecule has 0 bridgehead atoms. The van der Waals surface area contributed by atoms with Gasteiger partial charge in [-0.25, -0.2) is 0 Å². The maximum absolute atomic E-state index is 12.4. The molecular weight excluding hydrogens is 376 g/mol. The van der Waals surface area contributed by atoms with E-state index in [4.69, 9.17) is 5.73 Å². The van der Waals surface area contributed by atoms with Gasteiger partial charge in [-0.3, -0.25) is 4.79 Å². The molecular formula is C18H20BrClN2O. The molecule has 0 spiro atoms. The molecule has 0 saturated carbocycles. The van der Waals surface area contributed by atoms with Crippen LogP contribution in [0, 0.1) is 0 Å². The fourth-order valence-corrected chi connectivity index (χ4v) is 3.58. The first-order chi connectivity index (χ1) is 10.6. The number of hydrogen-bond donors (Lipinski definition) is 2. The summed E-state index contributed by atoms with van der Waals surface area (Å²) in [7, 11) is 0. The van der Waals surface area contributed by atoms with E-state index in [9.17, 15) is 4.79 Å². The number of fused-ring (bicyclic) bond motifs is 1. The molecule has 2 aromatic carbocycles. The number of rotatable bonds is 4. The number of carbonyl (C=O) groups excluding carboxylic acids is 1. The van der Waals surface area contributed by atoms with Crippen LogP contribution in [-0.4, -0.2) is 11.9 Å². The van der Waals surface area contributed by atoms with Crippen molar-refractivity contribution in [3.05, 3.63) is 69.7 Å². The molecule has 3 nitrogen and oxygen atoms in total. The molecule has 1 amide bonds. The fraction of sp³-hybridized carbons (Fsp3) is 0.278. The van der Waals surface area contributed by atoms with Crippen LogP contribution in [0.2, 0.25) is 0 Å². The molecule has 2 atom stereocenters. The largest absolute Gasteiger partial charge is 0.348 e. The van der Waals surface area contributed by atoms with E-state index in [1.54, 1.807) is 0 Å². The van der Waals surface area contributed by atoms with Gasteiger partial charge < -0.3 is 11.1 Å². The summed E-state index contributed by atoms with van der Waals surface area (Å²) in [6, 6.07) is 15.6. The van der Waals surface area contributed by atoms with Gasteiger partial charge in [0.05, 0.1) is 12.1 Å². The van der Waals surface area contributed by atoms with Crippen molar-refractivity contribution in [2.75, 3.05) is 0 Å². The summed E-state index contributed by atoms with van der Waals surface area (Å²) in [4.78, 5) is 12.4. The van der Waals surface area contributed by atoms with Gasteiger partial charge in [0.2, 0.25) is 5.91 Å².